The van der Waals surface area contributed by atoms with Gasteiger partial charge in [-0.3, -0.25) is 0 Å². The predicted molar refractivity (Wildman–Crippen MR) is 256 cm³/mol. The fourth-order valence-electron chi connectivity index (χ4n) is 8.56. The Morgan fingerprint density at radius 2 is 1.08 bits per heavy atom. The van der Waals surface area contributed by atoms with Crippen molar-refractivity contribution in [1.82, 2.24) is 0 Å². The molecule has 0 N–H and O–H groups in total. The van der Waals surface area contributed by atoms with Crippen LogP contribution in [0.4, 0.5) is 0 Å². The van der Waals surface area contributed by atoms with Crippen LogP contribution in [-0.4, -0.2) is 0 Å². The molecule has 0 saturated carbocycles. The van der Waals surface area contributed by atoms with E-state index in [0.717, 1.165) is 33.1 Å². The van der Waals surface area contributed by atoms with E-state index in [-0.39, 0.29) is 0 Å². The van der Waals surface area contributed by atoms with Gasteiger partial charge in [0.1, 0.15) is 11.2 Å². The van der Waals surface area contributed by atoms with E-state index in [1.165, 1.54) is 73.3 Å². The van der Waals surface area contributed by atoms with Crippen molar-refractivity contribution < 1.29 is 4.42 Å². The number of furan rings is 1. The highest BCUT2D eigenvalue weighted by atomic mass is 16.3. The zero-order valence-corrected chi connectivity index (χ0v) is 35.3. The molecular formula is C58H54O. The Balaban J connectivity index is 0.000000210. The van der Waals surface area contributed by atoms with Gasteiger partial charge < -0.3 is 4.42 Å². The first-order chi connectivity index (χ1) is 28.7. The molecular weight excluding hydrogens is 713 g/mol. The fourth-order valence-corrected chi connectivity index (χ4v) is 8.56. The van der Waals surface area contributed by atoms with E-state index >= 15 is 0 Å². The standard InChI is InChI=1S/C39H26O.C11H16.C8H12/c1-25-11-8-13-27(23-25)37-31-16-2-4-18-33(31)38(34-19-5-3-17-32(34)37)28-14-9-12-26(24-28)29-20-10-21-35-30-15-6-7-22-36(30)40-39(29)35;1-4-9(2)11-8-6-5-7-10(11)3;1-8(2)6-4-3-5-7-8/h2-24H,1H3;5-9H,4H2,1-3H3;3-6H,7H2,1-2H3. The van der Waals surface area contributed by atoms with E-state index in [9.17, 15) is 0 Å². The number of hydrogen-bond acceptors (Lipinski definition) is 1. The van der Waals surface area contributed by atoms with E-state index in [1.807, 2.05) is 12.1 Å². The molecule has 10 rings (SSSR count). The lowest BCUT2D eigenvalue weighted by molar-refractivity contribution is 0.484. The van der Waals surface area contributed by atoms with Gasteiger partial charge in [0.05, 0.1) is 0 Å². The fraction of sp³-hybridized carbons (Fsp3) is 0.172. The maximum absolute atomic E-state index is 6.40. The maximum atomic E-state index is 6.40. The van der Waals surface area contributed by atoms with Gasteiger partial charge >= 0.3 is 0 Å². The second kappa shape index (κ2) is 17.2. The van der Waals surface area contributed by atoms with Crippen LogP contribution in [0.5, 0.6) is 0 Å². The third-order valence-corrected chi connectivity index (χ3v) is 11.9. The molecule has 292 valence electrons. The number of fused-ring (bicyclic) bond motifs is 5. The van der Waals surface area contributed by atoms with Crippen molar-refractivity contribution in [3.63, 3.8) is 0 Å². The van der Waals surface area contributed by atoms with E-state index in [4.69, 9.17) is 4.42 Å². The van der Waals surface area contributed by atoms with Crippen molar-refractivity contribution in [2.45, 2.75) is 60.3 Å². The molecule has 0 fully saturated rings. The van der Waals surface area contributed by atoms with Crippen LogP contribution in [0.1, 0.15) is 63.1 Å². The Kier molecular flexibility index (Phi) is 11.5. The van der Waals surface area contributed by atoms with Crippen LogP contribution in [0, 0.1) is 19.3 Å². The van der Waals surface area contributed by atoms with Gasteiger partial charge in [-0.05, 0) is 111 Å². The molecule has 0 aliphatic heterocycles. The summed E-state index contributed by atoms with van der Waals surface area (Å²) in [4.78, 5) is 0. The Bertz CT molecular complexity index is 2910. The number of para-hydroxylation sites is 2. The van der Waals surface area contributed by atoms with Crippen LogP contribution >= 0.6 is 0 Å². The largest absolute Gasteiger partial charge is 0.455 e. The van der Waals surface area contributed by atoms with Gasteiger partial charge in [0.25, 0.3) is 0 Å². The minimum Gasteiger partial charge on any atom is -0.455 e. The topological polar surface area (TPSA) is 13.1 Å². The summed E-state index contributed by atoms with van der Waals surface area (Å²) in [5, 5.41) is 7.36. The molecule has 0 bridgehead atoms. The summed E-state index contributed by atoms with van der Waals surface area (Å²) in [6.45, 7) is 13.3. The first-order valence-corrected chi connectivity index (χ1v) is 21.1. The molecule has 8 aromatic carbocycles. The van der Waals surface area contributed by atoms with Crippen molar-refractivity contribution in [2.75, 3.05) is 0 Å². The lowest BCUT2D eigenvalue weighted by Gasteiger charge is -2.19. The number of rotatable bonds is 5. The second-order valence-electron chi connectivity index (χ2n) is 16.7. The minimum absolute atomic E-state index is 0.411. The molecule has 1 heterocycles. The molecule has 0 amide bonds. The van der Waals surface area contributed by atoms with E-state index < -0.39 is 0 Å². The zero-order chi connectivity index (χ0) is 40.9. The molecule has 1 nitrogen and oxygen atoms in total. The smallest absolute Gasteiger partial charge is 0.143 e. The quantitative estimate of drug-likeness (QED) is 0.159. The van der Waals surface area contributed by atoms with E-state index in [0.29, 0.717) is 11.3 Å². The second-order valence-corrected chi connectivity index (χ2v) is 16.7. The van der Waals surface area contributed by atoms with Crippen LogP contribution in [0.2, 0.25) is 0 Å². The van der Waals surface area contributed by atoms with Crippen molar-refractivity contribution in [2.24, 2.45) is 5.41 Å². The van der Waals surface area contributed by atoms with Gasteiger partial charge in [-0.1, -0.05) is 209 Å². The molecule has 9 aromatic rings. The lowest BCUT2D eigenvalue weighted by atomic mass is 9.85. The number of allylic oxidation sites excluding steroid dienone is 4. The predicted octanol–water partition coefficient (Wildman–Crippen LogP) is 17.2. The highest BCUT2D eigenvalue weighted by molar-refractivity contribution is 6.21. The molecule has 1 atom stereocenters. The van der Waals surface area contributed by atoms with Gasteiger partial charge in [0.2, 0.25) is 0 Å². The third-order valence-electron chi connectivity index (χ3n) is 11.9. The van der Waals surface area contributed by atoms with Crippen molar-refractivity contribution >= 4 is 43.5 Å². The molecule has 59 heavy (non-hydrogen) atoms. The Morgan fingerprint density at radius 1 is 0.542 bits per heavy atom. The average Bonchev–Trinajstić information content (AvgIpc) is 3.65. The first-order valence-electron chi connectivity index (χ1n) is 21.1. The number of benzene rings is 8. The van der Waals surface area contributed by atoms with Gasteiger partial charge in [0, 0.05) is 16.3 Å². The monoisotopic (exact) mass is 766 g/mol. The van der Waals surface area contributed by atoms with Gasteiger partial charge in [-0.2, -0.15) is 0 Å². The Morgan fingerprint density at radius 3 is 1.66 bits per heavy atom. The first kappa shape index (κ1) is 39.4. The number of hydrogen-bond donors (Lipinski definition) is 0. The van der Waals surface area contributed by atoms with Crippen molar-refractivity contribution in [3.8, 4) is 33.4 Å². The molecule has 1 aliphatic carbocycles. The summed E-state index contributed by atoms with van der Waals surface area (Å²) in [7, 11) is 0. The van der Waals surface area contributed by atoms with Gasteiger partial charge in [0.15, 0.2) is 0 Å². The Labute approximate surface area is 350 Å². The van der Waals surface area contributed by atoms with Crippen LogP contribution < -0.4 is 0 Å². The van der Waals surface area contributed by atoms with Crippen molar-refractivity contribution in [1.29, 1.82) is 0 Å². The lowest BCUT2D eigenvalue weighted by Crippen LogP contribution is -2.06. The van der Waals surface area contributed by atoms with Crippen LogP contribution in [0.15, 0.2) is 193 Å². The molecule has 0 saturated heterocycles. The molecule has 1 unspecified atom stereocenters. The summed E-state index contributed by atoms with van der Waals surface area (Å²) in [6.07, 6.45) is 11.1. The SMILES string of the molecule is CC1(C)C=CC=CC1.CCC(C)c1ccccc1C.Cc1cccc(-c2c3ccccc3c(-c3cccc(-c4cccc5c4oc4ccccc45)c3)c3ccccc23)c1. The van der Waals surface area contributed by atoms with Crippen LogP contribution in [0.25, 0.3) is 76.9 Å². The van der Waals surface area contributed by atoms with Gasteiger partial charge in [-0.15, -0.1) is 0 Å². The summed E-state index contributed by atoms with van der Waals surface area (Å²) >= 11 is 0. The summed E-state index contributed by atoms with van der Waals surface area (Å²) in [5.41, 5.74) is 13.7. The third kappa shape index (κ3) is 8.30. The van der Waals surface area contributed by atoms with Crippen molar-refractivity contribution in [3.05, 3.63) is 205 Å². The molecule has 0 spiro atoms. The summed E-state index contributed by atoms with van der Waals surface area (Å²) < 4.78 is 6.40. The van der Waals surface area contributed by atoms with E-state index in [1.54, 1.807) is 0 Å². The highest BCUT2D eigenvalue weighted by Crippen LogP contribution is 2.45. The molecule has 1 heteroatoms. The van der Waals surface area contributed by atoms with E-state index in [2.05, 4.69) is 218 Å². The number of aryl methyl sites for hydroxylation is 2. The van der Waals surface area contributed by atoms with Crippen LogP contribution in [0.3, 0.4) is 0 Å². The Hall–Kier alpha value is -6.44. The molecule has 0 radical (unpaired) electrons. The average molecular weight is 767 g/mol. The van der Waals surface area contributed by atoms with Gasteiger partial charge in [-0.25, -0.2) is 0 Å². The molecule has 1 aromatic heterocycles. The summed E-state index contributed by atoms with van der Waals surface area (Å²) in [5.74, 6) is 0.705. The normalized spacial score (nSPS) is 13.5. The highest BCUT2D eigenvalue weighted by Gasteiger charge is 2.18. The summed E-state index contributed by atoms with van der Waals surface area (Å²) in [6, 6.07) is 58.8. The molecule has 1 aliphatic rings. The minimum atomic E-state index is 0.411. The van der Waals surface area contributed by atoms with Crippen LogP contribution in [-0.2, 0) is 0 Å². The maximum Gasteiger partial charge on any atom is 0.143 e. The zero-order valence-electron chi connectivity index (χ0n) is 35.3.